The molecule has 2 aromatic carbocycles. The number of nitrogens with two attached hydrogens (primary N) is 1. The van der Waals surface area contributed by atoms with Gasteiger partial charge in [0.15, 0.2) is 0 Å². The lowest BCUT2D eigenvalue weighted by Crippen LogP contribution is -2.36. The highest BCUT2D eigenvalue weighted by Gasteiger charge is 2.35. The third kappa shape index (κ3) is 7.34. The molecule has 0 bridgehead atoms. The van der Waals surface area contributed by atoms with Crippen LogP contribution in [0.15, 0.2) is 72.0 Å². The number of anilines is 3. The second-order valence-corrected chi connectivity index (χ2v) is 13.5. The van der Waals surface area contributed by atoms with Gasteiger partial charge in [-0.15, -0.1) is 0 Å². The number of ether oxygens (including phenoxy) is 2. The maximum Gasteiger partial charge on any atom is 0.248 e. The second kappa shape index (κ2) is 14.4. The molecule has 0 spiro atoms. The molecule has 1 aliphatic heterocycles. The van der Waals surface area contributed by atoms with Gasteiger partial charge >= 0.3 is 0 Å². The van der Waals surface area contributed by atoms with E-state index in [1.807, 2.05) is 58.0 Å². The molecular weight excluding hydrogens is 616 g/mol. The number of rotatable bonds is 11. The SMILES string of the molecule is CCNc1ccc([C@@H](CC(=O)Nc2cncc(OC)c2)c2ccc(C)c(CN3C[C@@H](CC)Oc4ncccc4S3(=O)=O)c2)c(C)c1N. The number of aryl methyl sites for hydroxylation is 1. The van der Waals surface area contributed by atoms with Crippen molar-refractivity contribution in [2.24, 2.45) is 0 Å². The van der Waals surface area contributed by atoms with E-state index >= 15 is 0 Å². The molecule has 2 aromatic heterocycles. The number of aromatic nitrogens is 2. The van der Waals surface area contributed by atoms with Crippen LogP contribution in [-0.4, -0.2) is 54.9 Å². The van der Waals surface area contributed by atoms with Gasteiger partial charge in [0, 0.05) is 37.7 Å². The molecule has 4 N–H and O–H groups in total. The van der Waals surface area contributed by atoms with E-state index in [2.05, 4.69) is 20.6 Å². The molecule has 3 heterocycles. The number of methoxy groups -OCH3 is 1. The van der Waals surface area contributed by atoms with Gasteiger partial charge in [0.05, 0.1) is 43.1 Å². The lowest BCUT2D eigenvalue weighted by atomic mass is 9.83. The molecule has 5 rings (SSSR count). The molecule has 1 aliphatic rings. The van der Waals surface area contributed by atoms with Gasteiger partial charge in [-0.3, -0.25) is 9.78 Å². The summed E-state index contributed by atoms with van der Waals surface area (Å²) in [7, 11) is -2.36. The number of nitrogens with one attached hydrogen (secondary N) is 2. The number of nitrogen functional groups attached to an aromatic ring is 1. The highest BCUT2D eigenvalue weighted by molar-refractivity contribution is 7.89. The summed E-state index contributed by atoms with van der Waals surface area (Å²) >= 11 is 0. The molecule has 248 valence electrons. The Bertz CT molecular complexity index is 1870. The Balaban J connectivity index is 1.53. The fraction of sp³-hybridized carbons (Fsp3) is 0.343. The van der Waals surface area contributed by atoms with E-state index in [0.717, 1.165) is 33.5 Å². The van der Waals surface area contributed by atoms with E-state index in [0.29, 0.717) is 30.1 Å². The Hall–Kier alpha value is -4.68. The van der Waals surface area contributed by atoms with Crippen LogP contribution in [0, 0.1) is 13.8 Å². The van der Waals surface area contributed by atoms with Gasteiger partial charge in [0.1, 0.15) is 16.7 Å². The first kappa shape index (κ1) is 33.7. The fourth-order valence-corrected chi connectivity index (χ4v) is 7.34. The van der Waals surface area contributed by atoms with Crippen molar-refractivity contribution in [2.45, 2.75) is 64.0 Å². The zero-order valence-corrected chi connectivity index (χ0v) is 28.2. The lowest BCUT2D eigenvalue weighted by molar-refractivity contribution is -0.116. The minimum atomic E-state index is -3.90. The smallest absolute Gasteiger partial charge is 0.248 e. The third-order valence-corrected chi connectivity index (χ3v) is 10.4. The largest absolute Gasteiger partial charge is 0.495 e. The van der Waals surface area contributed by atoms with Crippen molar-refractivity contribution in [2.75, 3.05) is 36.6 Å². The predicted molar refractivity (Wildman–Crippen MR) is 183 cm³/mol. The number of carbonyl (C=O) groups excluding carboxylic acids is 1. The number of sulfonamides is 1. The van der Waals surface area contributed by atoms with Gasteiger partial charge in [-0.25, -0.2) is 13.4 Å². The van der Waals surface area contributed by atoms with Gasteiger partial charge < -0.3 is 25.8 Å². The number of fused-ring (bicyclic) bond motifs is 1. The van der Waals surface area contributed by atoms with Crippen molar-refractivity contribution >= 4 is 33.0 Å². The Labute approximate surface area is 276 Å². The van der Waals surface area contributed by atoms with Gasteiger partial charge in [-0.05, 0) is 73.2 Å². The van der Waals surface area contributed by atoms with E-state index in [9.17, 15) is 13.2 Å². The molecule has 2 atom stereocenters. The van der Waals surface area contributed by atoms with Crippen molar-refractivity contribution in [1.82, 2.24) is 14.3 Å². The van der Waals surface area contributed by atoms with Crippen molar-refractivity contribution in [1.29, 1.82) is 0 Å². The van der Waals surface area contributed by atoms with Crippen LogP contribution in [0.4, 0.5) is 17.1 Å². The molecule has 0 radical (unpaired) electrons. The molecule has 4 aromatic rings. The molecule has 0 aliphatic carbocycles. The maximum absolute atomic E-state index is 13.9. The van der Waals surface area contributed by atoms with Crippen molar-refractivity contribution in [3.8, 4) is 11.6 Å². The topological polar surface area (TPSA) is 149 Å². The number of hydrogen-bond acceptors (Lipinski definition) is 9. The summed E-state index contributed by atoms with van der Waals surface area (Å²) in [6, 6.07) is 14.7. The lowest BCUT2D eigenvalue weighted by Gasteiger charge is -2.25. The Morgan fingerprint density at radius 1 is 1.15 bits per heavy atom. The van der Waals surface area contributed by atoms with E-state index in [1.54, 1.807) is 31.6 Å². The first-order chi connectivity index (χ1) is 22.5. The van der Waals surface area contributed by atoms with Crippen LogP contribution < -0.4 is 25.8 Å². The molecule has 1 amide bonds. The summed E-state index contributed by atoms with van der Waals surface area (Å²) in [4.78, 5) is 22.0. The van der Waals surface area contributed by atoms with Crippen LogP contribution in [0.2, 0.25) is 0 Å². The summed E-state index contributed by atoms with van der Waals surface area (Å²) in [6.07, 6.45) is 5.03. The Morgan fingerprint density at radius 2 is 1.96 bits per heavy atom. The van der Waals surface area contributed by atoms with Crippen LogP contribution in [-0.2, 0) is 21.4 Å². The molecular formula is C35H42N6O5S. The minimum absolute atomic E-state index is 0.0539. The third-order valence-electron chi connectivity index (χ3n) is 8.54. The molecule has 0 saturated heterocycles. The van der Waals surface area contributed by atoms with Gasteiger partial charge in [-0.1, -0.05) is 31.2 Å². The summed E-state index contributed by atoms with van der Waals surface area (Å²) in [5.41, 5.74) is 12.9. The molecule has 0 saturated carbocycles. The Morgan fingerprint density at radius 3 is 2.70 bits per heavy atom. The normalized spacial score (nSPS) is 16.3. The first-order valence-corrected chi connectivity index (χ1v) is 17.1. The quantitative estimate of drug-likeness (QED) is 0.174. The average molecular weight is 659 g/mol. The van der Waals surface area contributed by atoms with Crippen molar-refractivity contribution < 1.29 is 22.7 Å². The summed E-state index contributed by atoms with van der Waals surface area (Å²) in [5.74, 6) is 0.0489. The van der Waals surface area contributed by atoms with E-state index < -0.39 is 10.0 Å². The van der Waals surface area contributed by atoms with E-state index in [1.165, 1.54) is 16.6 Å². The van der Waals surface area contributed by atoms with Crippen LogP contribution in [0.25, 0.3) is 0 Å². The fourth-order valence-electron chi connectivity index (χ4n) is 5.82. The number of benzene rings is 2. The zero-order chi connectivity index (χ0) is 33.7. The minimum Gasteiger partial charge on any atom is -0.495 e. The van der Waals surface area contributed by atoms with Gasteiger partial charge in [0.25, 0.3) is 0 Å². The standard InChI is InChI=1S/C35H42N6O5S/c1-6-27-21-41(47(43,44)32-9-8-14-39-35(32)46-27)20-25-15-24(11-10-22(25)3)30(29-12-13-31(38-7-2)34(36)23(29)4)17-33(42)40-26-16-28(45-5)19-37-18-26/h8-16,18-19,27,30,38H,6-7,17,20-21,36H2,1-5H3,(H,40,42)/t27-,30+/m1/s1. The maximum atomic E-state index is 13.9. The monoisotopic (exact) mass is 658 g/mol. The van der Waals surface area contributed by atoms with Crippen LogP contribution in [0.5, 0.6) is 11.6 Å². The molecule has 0 unspecified atom stereocenters. The van der Waals surface area contributed by atoms with Crippen LogP contribution in [0.1, 0.15) is 60.4 Å². The van der Waals surface area contributed by atoms with E-state index in [-0.39, 0.29) is 48.2 Å². The number of nitrogens with zero attached hydrogens (tertiary/aromatic N) is 3. The highest BCUT2D eigenvalue weighted by Crippen LogP contribution is 2.37. The summed E-state index contributed by atoms with van der Waals surface area (Å²) < 4.78 is 40.5. The highest BCUT2D eigenvalue weighted by atomic mass is 32.2. The van der Waals surface area contributed by atoms with Crippen LogP contribution in [0.3, 0.4) is 0 Å². The molecule has 0 fully saturated rings. The number of hydrogen-bond donors (Lipinski definition) is 3. The van der Waals surface area contributed by atoms with Gasteiger partial charge in [-0.2, -0.15) is 4.31 Å². The predicted octanol–water partition coefficient (Wildman–Crippen LogP) is 5.64. The molecule has 47 heavy (non-hydrogen) atoms. The first-order valence-electron chi connectivity index (χ1n) is 15.7. The van der Waals surface area contributed by atoms with Crippen molar-refractivity contribution in [3.63, 3.8) is 0 Å². The second-order valence-electron chi connectivity index (χ2n) is 11.6. The average Bonchev–Trinajstić information content (AvgIpc) is 3.17. The summed E-state index contributed by atoms with van der Waals surface area (Å²) in [5, 5.41) is 6.25. The molecule has 12 heteroatoms. The Kier molecular flexibility index (Phi) is 10.3. The zero-order valence-electron chi connectivity index (χ0n) is 27.4. The molecule has 11 nitrogen and oxygen atoms in total. The van der Waals surface area contributed by atoms with Crippen LogP contribution >= 0.6 is 0 Å². The summed E-state index contributed by atoms with van der Waals surface area (Å²) in [6.45, 7) is 8.91. The number of amides is 1. The van der Waals surface area contributed by atoms with E-state index in [4.69, 9.17) is 15.2 Å². The number of carbonyl (C=O) groups is 1. The number of pyridine rings is 2. The van der Waals surface area contributed by atoms with Gasteiger partial charge in [0.2, 0.25) is 21.8 Å². The van der Waals surface area contributed by atoms with Crippen molar-refractivity contribution in [3.05, 3.63) is 94.9 Å².